The molecule has 0 amide bonds. The molecule has 3 aromatic carbocycles. The molecule has 0 aliphatic carbocycles. The molecule has 17 heteroatoms. The number of hydrogen-bond donors (Lipinski definition) is 0. The summed E-state index contributed by atoms with van der Waals surface area (Å²) in [6.07, 6.45) is -7.16. The Morgan fingerprint density at radius 3 is 1.33 bits per heavy atom. The van der Waals surface area contributed by atoms with Crippen LogP contribution in [0.4, 0.5) is 39.5 Å². The second-order valence-electron chi connectivity index (χ2n) is 8.82. The molecule has 0 bridgehead atoms. The highest BCUT2D eigenvalue weighted by atomic mass is 32.2. The number of rotatable bonds is 12. The Hall–Kier alpha value is -3.23. The lowest BCUT2D eigenvalue weighted by molar-refractivity contribution is -0.382. The molecule has 0 aliphatic rings. The van der Waals surface area contributed by atoms with E-state index >= 15 is 0 Å². The highest BCUT2D eigenvalue weighted by molar-refractivity contribution is 7.86. The molecule has 3 rings (SSSR count). The Bertz CT molecular complexity index is 1420. The molecule has 0 atom stereocenters. The molecule has 3 aromatic rings. The summed E-state index contributed by atoms with van der Waals surface area (Å²) >= 11 is 0. The van der Waals surface area contributed by atoms with Crippen LogP contribution in [-0.4, -0.2) is 56.1 Å². The zero-order valence-electron chi connectivity index (χ0n) is 23.8. The molecule has 0 N–H and O–H groups in total. The Morgan fingerprint density at radius 2 is 1.02 bits per heavy atom. The summed E-state index contributed by atoms with van der Waals surface area (Å²) in [6, 6.07) is 25.3. The monoisotopic (exact) mass is 694 g/mol. The van der Waals surface area contributed by atoms with Crippen LogP contribution in [-0.2, 0) is 10.1 Å². The van der Waals surface area contributed by atoms with Gasteiger partial charge in [0.1, 0.15) is 24.3 Å². The minimum Gasteiger partial charge on any atom is -0.743 e. The minimum absolute atomic E-state index is 0.590. The summed E-state index contributed by atoms with van der Waals surface area (Å²) in [7, 11) is -8.73. The van der Waals surface area contributed by atoms with Crippen LogP contribution in [0.2, 0.25) is 0 Å². The summed E-state index contributed by atoms with van der Waals surface area (Å²) in [5.41, 5.74) is 0. The normalized spacial score (nSPS) is 12.8. The number of ether oxygens (including phenoxy) is 3. The molecule has 6 nitrogen and oxygen atoms in total. The first-order valence-corrected chi connectivity index (χ1v) is 15.9. The molecule has 0 spiro atoms. The van der Waals surface area contributed by atoms with E-state index in [0.29, 0.717) is 19.8 Å². The van der Waals surface area contributed by atoms with Crippen LogP contribution in [0.15, 0.2) is 72.8 Å². The fraction of sp³-hybridized carbons (Fsp3) is 0.357. The summed E-state index contributed by atoms with van der Waals surface area (Å²) < 4.78 is 153. The fourth-order valence-electron chi connectivity index (χ4n) is 3.78. The van der Waals surface area contributed by atoms with Crippen molar-refractivity contribution in [3.05, 3.63) is 72.8 Å². The maximum absolute atomic E-state index is 12.2. The van der Waals surface area contributed by atoms with Gasteiger partial charge in [-0.25, -0.2) is 8.42 Å². The fourth-order valence-corrected chi connectivity index (χ4v) is 6.97. The van der Waals surface area contributed by atoms with Crippen LogP contribution >= 0.6 is 7.92 Å². The maximum Gasteiger partial charge on any atom is 0.460 e. The Morgan fingerprint density at radius 1 is 0.644 bits per heavy atom. The van der Waals surface area contributed by atoms with Crippen LogP contribution < -0.4 is 30.1 Å². The summed E-state index contributed by atoms with van der Waals surface area (Å²) in [5, 5.41) is -3.39. The molecular weight excluding hydrogens is 666 g/mol. The number of benzene rings is 3. The molecule has 0 radical (unpaired) electrons. The van der Waals surface area contributed by atoms with Gasteiger partial charge >= 0.3 is 23.3 Å². The molecule has 0 fully saturated rings. The molecule has 0 aromatic heterocycles. The molecular formula is C28H28F9O6PS. The Balaban J connectivity index is 0.000000358. The van der Waals surface area contributed by atoms with E-state index in [2.05, 4.69) is 60.7 Å². The van der Waals surface area contributed by atoms with Crippen molar-refractivity contribution in [1.82, 2.24) is 0 Å². The van der Waals surface area contributed by atoms with Crippen molar-refractivity contribution < 1.29 is 66.7 Å². The van der Waals surface area contributed by atoms with E-state index in [1.165, 1.54) is 10.6 Å². The Kier molecular flexibility index (Phi) is 12.6. The lowest BCUT2D eigenvalue weighted by Gasteiger charge is -2.34. The van der Waals surface area contributed by atoms with Crippen LogP contribution in [0.5, 0.6) is 17.2 Å². The zero-order chi connectivity index (χ0) is 34.3. The molecule has 45 heavy (non-hydrogen) atoms. The third-order valence-corrected chi connectivity index (χ3v) is 9.45. The standard InChI is InChI=1S/C24H27O3P.C4HF9O3S/c1-4-25-19-17-22(26-5-2)24(23(18-19)27-6-3)28(20-13-9-7-10-14-20)21-15-11-8-12-16-21;5-1(6,3(9,10)11)2(7,8)4(12,13)17(14,15)16/h7-18H,4-6H2,1-3H3;(H,14,15,16). The molecule has 0 saturated heterocycles. The van der Waals surface area contributed by atoms with Gasteiger partial charge in [-0.2, -0.15) is 39.5 Å². The second kappa shape index (κ2) is 14.9. The minimum atomic E-state index is -7.43. The average molecular weight is 695 g/mol. The van der Waals surface area contributed by atoms with Gasteiger partial charge in [0.2, 0.25) is 0 Å². The molecule has 250 valence electrons. The van der Waals surface area contributed by atoms with Crippen molar-refractivity contribution in [2.75, 3.05) is 19.8 Å². The van der Waals surface area contributed by atoms with Crippen molar-refractivity contribution in [1.29, 1.82) is 0 Å². The first kappa shape index (κ1) is 38.0. The van der Waals surface area contributed by atoms with E-state index in [9.17, 15) is 52.5 Å². The molecule has 0 aliphatic heterocycles. The lowest BCUT2D eigenvalue weighted by Crippen LogP contribution is -2.63. The van der Waals surface area contributed by atoms with E-state index in [1.807, 2.05) is 32.9 Å². The Labute approximate surface area is 254 Å². The van der Waals surface area contributed by atoms with Gasteiger partial charge in [-0.15, -0.1) is 0 Å². The van der Waals surface area contributed by atoms with Crippen molar-refractivity contribution in [2.45, 2.75) is 44.0 Å². The van der Waals surface area contributed by atoms with Gasteiger partial charge in [-0.1, -0.05) is 36.4 Å². The lowest BCUT2D eigenvalue weighted by atomic mass is 10.1. The van der Waals surface area contributed by atoms with Gasteiger partial charge in [-0.05, 0) is 45.0 Å². The maximum atomic E-state index is 12.2. The number of halogens is 9. The topological polar surface area (TPSA) is 84.9 Å². The molecule has 0 saturated carbocycles. The van der Waals surface area contributed by atoms with Crippen LogP contribution in [0.1, 0.15) is 20.8 Å². The first-order chi connectivity index (χ1) is 20.8. The van der Waals surface area contributed by atoms with Crippen molar-refractivity contribution in [3.63, 3.8) is 0 Å². The van der Waals surface area contributed by atoms with E-state index in [0.717, 1.165) is 22.6 Å². The van der Waals surface area contributed by atoms with Gasteiger partial charge in [0, 0.05) is 12.1 Å². The largest absolute Gasteiger partial charge is 0.743 e. The highest BCUT2D eigenvalue weighted by Crippen LogP contribution is 2.54. The van der Waals surface area contributed by atoms with Crippen LogP contribution in [0.25, 0.3) is 0 Å². The van der Waals surface area contributed by atoms with E-state index in [1.54, 1.807) is 0 Å². The predicted octanol–water partition coefficient (Wildman–Crippen LogP) is 6.33. The molecule has 0 unspecified atom stereocenters. The van der Waals surface area contributed by atoms with Crippen molar-refractivity contribution >= 4 is 34.0 Å². The quantitative estimate of drug-likeness (QED) is 0.125. The average Bonchev–Trinajstić information content (AvgIpc) is 2.95. The SMILES string of the molecule is CCOc1cc(OCC)c([PH+](c2ccccc2)c2ccccc2)c(OCC)c1.O=S(=O)([O-])C(F)(F)C(F)(F)C(F)(F)C(F)(F)F. The van der Waals surface area contributed by atoms with Crippen molar-refractivity contribution in [3.8, 4) is 17.2 Å². The van der Waals surface area contributed by atoms with Crippen LogP contribution in [0.3, 0.4) is 0 Å². The van der Waals surface area contributed by atoms with E-state index < -0.39 is 41.3 Å². The summed E-state index contributed by atoms with van der Waals surface area (Å²) in [6.45, 7) is 7.78. The summed E-state index contributed by atoms with van der Waals surface area (Å²) in [5.74, 6) is -12.3. The van der Waals surface area contributed by atoms with Gasteiger partial charge in [0.25, 0.3) is 0 Å². The van der Waals surface area contributed by atoms with Gasteiger partial charge in [-0.3, -0.25) is 0 Å². The number of alkyl halides is 9. The molecule has 0 heterocycles. The predicted molar refractivity (Wildman–Crippen MR) is 151 cm³/mol. The van der Waals surface area contributed by atoms with Gasteiger partial charge < -0.3 is 18.8 Å². The summed E-state index contributed by atoms with van der Waals surface area (Å²) in [4.78, 5) is 0. The van der Waals surface area contributed by atoms with Gasteiger partial charge in [0.15, 0.2) is 26.9 Å². The zero-order valence-corrected chi connectivity index (χ0v) is 25.6. The van der Waals surface area contributed by atoms with E-state index in [4.69, 9.17) is 14.2 Å². The number of hydrogen-bond acceptors (Lipinski definition) is 6. The van der Waals surface area contributed by atoms with Crippen LogP contribution in [0, 0.1) is 0 Å². The first-order valence-electron chi connectivity index (χ1n) is 13.0. The highest BCUT2D eigenvalue weighted by Gasteiger charge is 2.83. The third-order valence-electron chi connectivity index (χ3n) is 5.75. The third kappa shape index (κ3) is 8.33. The second-order valence-corrected chi connectivity index (χ2v) is 12.6. The van der Waals surface area contributed by atoms with Gasteiger partial charge in [0.05, 0.1) is 19.8 Å². The van der Waals surface area contributed by atoms with Crippen molar-refractivity contribution in [2.24, 2.45) is 0 Å². The van der Waals surface area contributed by atoms with E-state index in [-0.39, 0.29) is 0 Å². The smallest absolute Gasteiger partial charge is 0.460 e.